The number of piperidine rings is 1. The Morgan fingerprint density at radius 1 is 1.10 bits per heavy atom. The first-order chi connectivity index (χ1) is 15.1. The smallest absolute Gasteiger partial charge is 0.257 e. The van der Waals surface area contributed by atoms with Gasteiger partial charge in [0.25, 0.3) is 5.91 Å². The zero-order chi connectivity index (χ0) is 21.8. The highest BCUT2D eigenvalue weighted by molar-refractivity contribution is 6.03. The molecule has 0 radical (unpaired) electrons. The van der Waals surface area contributed by atoms with E-state index in [-0.39, 0.29) is 11.7 Å². The van der Waals surface area contributed by atoms with Crippen molar-refractivity contribution in [3.05, 3.63) is 59.4 Å². The van der Waals surface area contributed by atoms with Crippen LogP contribution in [0.3, 0.4) is 0 Å². The number of benzene rings is 2. The third kappa shape index (κ3) is 4.56. The molecular formula is C24H28FN3O3. The van der Waals surface area contributed by atoms with E-state index < -0.39 is 6.04 Å². The summed E-state index contributed by atoms with van der Waals surface area (Å²) in [4.78, 5) is 15.5. The average molecular weight is 426 g/mol. The highest BCUT2D eigenvalue weighted by Gasteiger charge is 2.36. The molecule has 1 saturated heterocycles. The lowest BCUT2D eigenvalue weighted by Crippen LogP contribution is -2.40. The van der Waals surface area contributed by atoms with Crippen LogP contribution in [0.4, 0.5) is 4.39 Å². The van der Waals surface area contributed by atoms with Gasteiger partial charge in [-0.05, 0) is 50.2 Å². The predicted molar refractivity (Wildman–Crippen MR) is 117 cm³/mol. The number of rotatable bonds is 6. The summed E-state index contributed by atoms with van der Waals surface area (Å²) in [5.74, 6) is 0.871. The van der Waals surface area contributed by atoms with E-state index >= 15 is 0 Å². The molecule has 0 spiro atoms. The molecule has 1 unspecified atom stereocenters. The number of hydrogen-bond donors (Lipinski definition) is 0. The van der Waals surface area contributed by atoms with Crippen molar-refractivity contribution in [2.24, 2.45) is 5.10 Å². The standard InChI is InChI=1S/C24H28FN3O3/c1-30-17-10-11-23(31-2)19(14-17)22-15-21(18-8-4-5-9-20(18)25)26-28(22)24(29)16-27-12-6-3-7-13-27/h4-5,8-11,14,22H,3,6-7,12-13,15-16H2,1-2H3. The van der Waals surface area contributed by atoms with Gasteiger partial charge >= 0.3 is 0 Å². The number of hydrazone groups is 1. The first kappa shape index (κ1) is 21.3. The van der Waals surface area contributed by atoms with Crippen molar-refractivity contribution in [2.75, 3.05) is 33.9 Å². The van der Waals surface area contributed by atoms with Crippen LogP contribution in [0.25, 0.3) is 0 Å². The van der Waals surface area contributed by atoms with Crippen molar-refractivity contribution >= 4 is 11.6 Å². The summed E-state index contributed by atoms with van der Waals surface area (Å²) in [6.45, 7) is 2.13. The monoisotopic (exact) mass is 425 g/mol. The number of ether oxygens (including phenoxy) is 2. The summed E-state index contributed by atoms with van der Waals surface area (Å²) >= 11 is 0. The van der Waals surface area contributed by atoms with Crippen LogP contribution in [0.1, 0.15) is 42.9 Å². The third-order valence-electron chi connectivity index (χ3n) is 5.95. The van der Waals surface area contributed by atoms with Gasteiger partial charge in [-0.25, -0.2) is 9.40 Å². The second kappa shape index (κ2) is 9.47. The molecule has 0 aromatic heterocycles. The Morgan fingerprint density at radius 3 is 2.58 bits per heavy atom. The second-order valence-corrected chi connectivity index (χ2v) is 7.93. The maximum absolute atomic E-state index is 14.5. The SMILES string of the molecule is COc1ccc(OC)c(C2CC(c3ccccc3F)=NN2C(=O)CN2CCCCC2)c1. The van der Waals surface area contributed by atoms with Gasteiger partial charge in [-0.15, -0.1) is 0 Å². The topological polar surface area (TPSA) is 54.4 Å². The highest BCUT2D eigenvalue weighted by atomic mass is 19.1. The molecule has 2 aliphatic rings. The van der Waals surface area contributed by atoms with Gasteiger partial charge in [-0.1, -0.05) is 24.6 Å². The molecule has 1 fully saturated rings. The van der Waals surface area contributed by atoms with Crippen LogP contribution in [-0.2, 0) is 4.79 Å². The first-order valence-electron chi connectivity index (χ1n) is 10.7. The third-order valence-corrected chi connectivity index (χ3v) is 5.95. The molecule has 0 aliphatic carbocycles. The maximum atomic E-state index is 14.5. The van der Waals surface area contributed by atoms with Gasteiger partial charge in [0.15, 0.2) is 0 Å². The average Bonchev–Trinajstić information content (AvgIpc) is 3.25. The van der Waals surface area contributed by atoms with Crippen LogP contribution < -0.4 is 9.47 Å². The molecule has 1 atom stereocenters. The lowest BCUT2D eigenvalue weighted by atomic mass is 9.97. The van der Waals surface area contributed by atoms with Gasteiger partial charge in [0.1, 0.15) is 17.3 Å². The number of nitrogens with zero attached hydrogens (tertiary/aromatic N) is 3. The Balaban J connectivity index is 1.69. The van der Waals surface area contributed by atoms with E-state index in [0.717, 1.165) is 31.5 Å². The molecule has 7 heteroatoms. The fourth-order valence-electron chi connectivity index (χ4n) is 4.32. The molecule has 164 valence electrons. The summed E-state index contributed by atoms with van der Waals surface area (Å²) in [7, 11) is 3.19. The van der Waals surface area contributed by atoms with Gasteiger partial charge in [0.05, 0.1) is 32.5 Å². The number of carbonyl (C=O) groups is 1. The van der Waals surface area contributed by atoms with Gasteiger partial charge < -0.3 is 9.47 Å². The number of methoxy groups -OCH3 is 2. The van der Waals surface area contributed by atoms with Crippen LogP contribution in [0.15, 0.2) is 47.6 Å². The van der Waals surface area contributed by atoms with Crippen LogP contribution in [0, 0.1) is 5.82 Å². The predicted octanol–water partition coefficient (Wildman–Crippen LogP) is 4.01. The van der Waals surface area contributed by atoms with Gasteiger partial charge in [-0.2, -0.15) is 5.10 Å². The molecule has 1 amide bonds. The van der Waals surface area contributed by atoms with Crippen LogP contribution >= 0.6 is 0 Å². The summed E-state index contributed by atoms with van der Waals surface area (Å²) in [5.41, 5.74) is 1.77. The fourth-order valence-corrected chi connectivity index (χ4v) is 4.32. The largest absolute Gasteiger partial charge is 0.497 e. The van der Waals surface area contributed by atoms with Crippen LogP contribution in [0.2, 0.25) is 0 Å². The normalized spacial score (nSPS) is 19.3. The maximum Gasteiger partial charge on any atom is 0.257 e. The number of likely N-dealkylation sites (tertiary alicyclic amines) is 1. The van der Waals surface area contributed by atoms with Crippen molar-refractivity contribution in [1.82, 2.24) is 9.91 Å². The number of hydrogen-bond acceptors (Lipinski definition) is 5. The molecule has 2 heterocycles. The second-order valence-electron chi connectivity index (χ2n) is 7.93. The lowest BCUT2D eigenvalue weighted by molar-refractivity contribution is -0.134. The Hall–Kier alpha value is -2.93. The van der Waals surface area contributed by atoms with Gasteiger partial charge in [0, 0.05) is 17.5 Å². The molecule has 0 saturated carbocycles. The van der Waals surface area contributed by atoms with E-state index in [4.69, 9.17) is 9.47 Å². The number of halogens is 1. The molecular weight excluding hydrogens is 397 g/mol. The Bertz CT molecular complexity index is 972. The van der Waals surface area contributed by atoms with Gasteiger partial charge in [-0.3, -0.25) is 9.69 Å². The molecule has 0 bridgehead atoms. The zero-order valence-electron chi connectivity index (χ0n) is 18.0. The van der Waals surface area contributed by atoms with E-state index in [1.54, 1.807) is 32.4 Å². The molecule has 6 nitrogen and oxygen atoms in total. The molecule has 31 heavy (non-hydrogen) atoms. The van der Waals surface area contributed by atoms with Crippen LogP contribution in [-0.4, -0.2) is 55.4 Å². The van der Waals surface area contributed by atoms with Gasteiger partial charge in [0.2, 0.25) is 0 Å². The Kier molecular flexibility index (Phi) is 6.51. The van der Waals surface area contributed by atoms with E-state index in [9.17, 15) is 9.18 Å². The first-order valence-corrected chi connectivity index (χ1v) is 10.7. The van der Waals surface area contributed by atoms with E-state index in [1.165, 1.54) is 17.5 Å². The van der Waals surface area contributed by atoms with E-state index in [0.29, 0.717) is 35.7 Å². The molecule has 2 aromatic rings. The number of amides is 1. The van der Waals surface area contributed by atoms with E-state index in [1.807, 2.05) is 18.2 Å². The van der Waals surface area contributed by atoms with Crippen molar-refractivity contribution in [2.45, 2.75) is 31.7 Å². The van der Waals surface area contributed by atoms with E-state index in [2.05, 4.69) is 10.0 Å². The highest BCUT2D eigenvalue weighted by Crippen LogP contribution is 2.39. The van der Waals surface area contributed by atoms with Crippen molar-refractivity contribution in [1.29, 1.82) is 0 Å². The Morgan fingerprint density at radius 2 is 1.87 bits per heavy atom. The minimum atomic E-state index is -0.392. The Labute approximate surface area is 182 Å². The number of carbonyl (C=O) groups excluding carboxylic acids is 1. The lowest BCUT2D eigenvalue weighted by Gasteiger charge is -2.29. The van der Waals surface area contributed by atoms with Crippen molar-refractivity contribution < 1.29 is 18.7 Å². The van der Waals surface area contributed by atoms with Crippen LogP contribution in [0.5, 0.6) is 11.5 Å². The summed E-state index contributed by atoms with van der Waals surface area (Å²) in [6.07, 6.45) is 3.80. The minimum absolute atomic E-state index is 0.0943. The molecule has 4 rings (SSSR count). The minimum Gasteiger partial charge on any atom is -0.497 e. The molecule has 2 aliphatic heterocycles. The zero-order valence-corrected chi connectivity index (χ0v) is 18.0. The quantitative estimate of drug-likeness (QED) is 0.702. The summed E-state index contributed by atoms with van der Waals surface area (Å²) < 4.78 is 25.5. The van der Waals surface area contributed by atoms with Crippen molar-refractivity contribution in [3.63, 3.8) is 0 Å². The van der Waals surface area contributed by atoms with Crippen molar-refractivity contribution in [3.8, 4) is 11.5 Å². The summed E-state index contributed by atoms with van der Waals surface area (Å²) in [6, 6.07) is 11.7. The fraction of sp³-hybridized carbons (Fsp3) is 0.417. The molecule has 0 N–H and O–H groups in total. The molecule has 2 aromatic carbocycles. The summed E-state index contributed by atoms with van der Waals surface area (Å²) in [5, 5.41) is 6.12.